The molecular weight excluding hydrogens is 196 g/mol. The van der Waals surface area contributed by atoms with Crippen molar-refractivity contribution in [3.8, 4) is 0 Å². The Balaban J connectivity index is 2.54. The fourth-order valence-corrected chi connectivity index (χ4v) is 1.51. The lowest BCUT2D eigenvalue weighted by molar-refractivity contribution is -0.128. The Morgan fingerprint density at radius 2 is 1.93 bits per heavy atom. The first-order chi connectivity index (χ1) is 7.00. The predicted octanol–water partition coefficient (Wildman–Crippen LogP) is 0.172. The summed E-state index contributed by atoms with van der Waals surface area (Å²) in [6, 6.07) is 0. The van der Waals surface area contributed by atoms with Gasteiger partial charge in [0.05, 0.1) is 6.08 Å². The van der Waals surface area contributed by atoms with Crippen LogP contribution in [0.15, 0.2) is 11.8 Å². The maximum atomic E-state index is 11.5. The van der Waals surface area contributed by atoms with Gasteiger partial charge in [-0.3, -0.25) is 9.59 Å². The quantitative estimate of drug-likeness (QED) is 0.505. The van der Waals surface area contributed by atoms with Crippen molar-refractivity contribution in [2.75, 3.05) is 13.1 Å². The molecule has 1 saturated heterocycles. The van der Waals surface area contributed by atoms with Crippen molar-refractivity contribution in [1.29, 1.82) is 0 Å². The number of nitrogens with two attached hydrogens (primary N) is 1. The van der Waals surface area contributed by atoms with Crippen LogP contribution in [0.1, 0.15) is 19.8 Å². The lowest BCUT2D eigenvalue weighted by Crippen LogP contribution is -2.37. The van der Waals surface area contributed by atoms with E-state index in [1.54, 1.807) is 4.90 Å². The molecule has 0 aromatic rings. The third-order valence-electron chi connectivity index (χ3n) is 2.61. The van der Waals surface area contributed by atoms with Gasteiger partial charge in [-0.25, -0.2) is 0 Å². The zero-order valence-corrected chi connectivity index (χ0v) is 8.77. The predicted molar refractivity (Wildman–Crippen MR) is 54.9 cm³/mol. The van der Waals surface area contributed by atoms with Crippen LogP contribution in [0.25, 0.3) is 0 Å². The van der Waals surface area contributed by atoms with Crippen LogP contribution in [0.4, 0.5) is 0 Å². The van der Waals surface area contributed by atoms with Gasteiger partial charge >= 0.3 is 0 Å². The Kier molecular flexibility index (Phi) is 3.71. The Morgan fingerprint density at radius 1 is 1.40 bits per heavy atom. The number of likely N-dealkylation sites (tertiary alicyclic amines) is 1. The van der Waals surface area contributed by atoms with Crippen molar-refractivity contribution in [3.05, 3.63) is 11.8 Å². The minimum Gasteiger partial charge on any atom is -0.503 e. The molecule has 15 heavy (non-hydrogen) atoms. The number of hydrogen-bond donors (Lipinski definition) is 2. The number of piperidine rings is 1. The van der Waals surface area contributed by atoms with Crippen LogP contribution in [-0.2, 0) is 9.59 Å². The van der Waals surface area contributed by atoms with E-state index >= 15 is 0 Å². The molecule has 0 saturated carbocycles. The van der Waals surface area contributed by atoms with Gasteiger partial charge in [-0.05, 0) is 18.8 Å². The molecule has 0 aromatic heterocycles. The largest absolute Gasteiger partial charge is 0.503 e. The monoisotopic (exact) mass is 212 g/mol. The molecule has 0 bridgehead atoms. The van der Waals surface area contributed by atoms with E-state index in [9.17, 15) is 9.59 Å². The van der Waals surface area contributed by atoms with E-state index in [0.717, 1.165) is 18.9 Å². The lowest BCUT2D eigenvalue weighted by Gasteiger charge is -2.29. The average Bonchev–Trinajstić information content (AvgIpc) is 2.18. The molecule has 1 aliphatic heterocycles. The van der Waals surface area contributed by atoms with Crippen molar-refractivity contribution < 1.29 is 14.7 Å². The molecule has 84 valence electrons. The van der Waals surface area contributed by atoms with E-state index in [4.69, 9.17) is 10.8 Å². The number of hydrogen-bond acceptors (Lipinski definition) is 3. The fourth-order valence-electron chi connectivity index (χ4n) is 1.51. The first kappa shape index (κ1) is 11.6. The molecule has 1 rings (SSSR count). The minimum atomic E-state index is -0.978. The molecule has 1 heterocycles. The molecule has 3 N–H and O–H groups in total. The summed E-state index contributed by atoms with van der Waals surface area (Å²) in [5, 5.41) is 9.02. The Labute approximate surface area is 88.5 Å². The topological polar surface area (TPSA) is 83.6 Å². The van der Waals surface area contributed by atoms with Crippen molar-refractivity contribution >= 4 is 11.8 Å². The molecule has 5 heteroatoms. The average molecular weight is 212 g/mol. The number of amides is 2. The van der Waals surface area contributed by atoms with Gasteiger partial charge in [0, 0.05) is 13.1 Å². The number of nitrogens with zero attached hydrogens (tertiary/aromatic N) is 1. The van der Waals surface area contributed by atoms with E-state index in [0.29, 0.717) is 19.0 Å². The molecule has 0 radical (unpaired) electrons. The van der Waals surface area contributed by atoms with Crippen LogP contribution >= 0.6 is 0 Å². The molecule has 1 aliphatic rings. The summed E-state index contributed by atoms with van der Waals surface area (Å²) in [5.41, 5.74) is 4.81. The zero-order valence-electron chi connectivity index (χ0n) is 8.77. The summed E-state index contributed by atoms with van der Waals surface area (Å²) in [6.07, 6.45) is 2.80. The lowest BCUT2D eigenvalue weighted by atomic mass is 9.99. The van der Waals surface area contributed by atoms with Gasteiger partial charge in [0.15, 0.2) is 5.76 Å². The number of primary amides is 1. The van der Waals surface area contributed by atoms with Crippen LogP contribution in [-0.4, -0.2) is 34.9 Å². The van der Waals surface area contributed by atoms with Crippen molar-refractivity contribution in [2.24, 2.45) is 11.7 Å². The molecule has 0 unspecified atom stereocenters. The zero-order chi connectivity index (χ0) is 11.4. The van der Waals surface area contributed by atoms with Gasteiger partial charge < -0.3 is 15.7 Å². The second-order valence-corrected chi connectivity index (χ2v) is 3.90. The molecule has 1 fully saturated rings. The smallest absolute Gasteiger partial charge is 0.283 e. The third kappa shape index (κ3) is 3.27. The van der Waals surface area contributed by atoms with Gasteiger partial charge in [-0.15, -0.1) is 0 Å². The summed E-state index contributed by atoms with van der Waals surface area (Å²) in [5.74, 6) is -1.38. The van der Waals surface area contributed by atoms with Crippen LogP contribution in [0.5, 0.6) is 0 Å². The number of carbonyl (C=O) groups is 2. The second kappa shape index (κ2) is 4.82. The SMILES string of the molecule is CC1CCN(C(=O)/C=C(\O)C(N)=O)CC1. The summed E-state index contributed by atoms with van der Waals surface area (Å²) in [6.45, 7) is 3.48. The standard InChI is InChI=1S/C10H16N2O3/c1-7-2-4-12(5-3-7)9(14)6-8(13)10(11)15/h6-7,13H,2-5H2,1H3,(H2,11,15)/b8-6-. The highest BCUT2D eigenvalue weighted by molar-refractivity contribution is 5.98. The number of aliphatic hydroxyl groups is 1. The first-order valence-corrected chi connectivity index (χ1v) is 5.00. The molecule has 5 nitrogen and oxygen atoms in total. The normalized spacial score (nSPS) is 19.0. The molecule has 2 amide bonds. The van der Waals surface area contributed by atoms with E-state index < -0.39 is 11.7 Å². The summed E-state index contributed by atoms with van der Waals surface area (Å²) < 4.78 is 0. The summed E-state index contributed by atoms with van der Waals surface area (Å²) in [7, 11) is 0. The van der Waals surface area contributed by atoms with Gasteiger partial charge in [0.1, 0.15) is 0 Å². The van der Waals surface area contributed by atoms with Crippen molar-refractivity contribution in [2.45, 2.75) is 19.8 Å². The number of rotatable bonds is 2. The Hall–Kier alpha value is -1.52. The van der Waals surface area contributed by atoms with Crippen molar-refractivity contribution in [1.82, 2.24) is 4.90 Å². The number of aliphatic hydroxyl groups excluding tert-OH is 1. The van der Waals surface area contributed by atoms with E-state index in [1.807, 2.05) is 0 Å². The first-order valence-electron chi connectivity index (χ1n) is 5.00. The Bertz CT molecular complexity index is 291. The highest BCUT2D eigenvalue weighted by Crippen LogP contribution is 2.16. The second-order valence-electron chi connectivity index (χ2n) is 3.90. The highest BCUT2D eigenvalue weighted by Gasteiger charge is 2.19. The van der Waals surface area contributed by atoms with Gasteiger partial charge in [0.25, 0.3) is 5.91 Å². The fraction of sp³-hybridized carbons (Fsp3) is 0.600. The third-order valence-corrected chi connectivity index (χ3v) is 2.61. The van der Waals surface area contributed by atoms with E-state index in [-0.39, 0.29) is 5.91 Å². The summed E-state index contributed by atoms with van der Waals surface area (Å²) >= 11 is 0. The maximum absolute atomic E-state index is 11.5. The van der Waals surface area contributed by atoms with Crippen LogP contribution in [0.2, 0.25) is 0 Å². The highest BCUT2D eigenvalue weighted by atomic mass is 16.3. The van der Waals surface area contributed by atoms with Gasteiger partial charge in [-0.2, -0.15) is 0 Å². The molecule has 0 spiro atoms. The summed E-state index contributed by atoms with van der Waals surface area (Å²) in [4.78, 5) is 23.6. The molecule has 0 atom stereocenters. The Morgan fingerprint density at radius 3 is 2.40 bits per heavy atom. The molecule has 0 aliphatic carbocycles. The van der Waals surface area contributed by atoms with E-state index in [2.05, 4.69) is 6.92 Å². The molecule has 0 aromatic carbocycles. The minimum absolute atomic E-state index is 0.349. The van der Waals surface area contributed by atoms with Crippen molar-refractivity contribution in [3.63, 3.8) is 0 Å². The van der Waals surface area contributed by atoms with E-state index in [1.165, 1.54) is 0 Å². The van der Waals surface area contributed by atoms with Crippen LogP contribution < -0.4 is 5.73 Å². The molecular formula is C10H16N2O3. The van der Waals surface area contributed by atoms with Crippen LogP contribution in [0, 0.1) is 5.92 Å². The van der Waals surface area contributed by atoms with Gasteiger partial charge in [-0.1, -0.05) is 6.92 Å². The maximum Gasteiger partial charge on any atom is 0.283 e. The number of carbonyl (C=O) groups excluding carboxylic acids is 2. The van der Waals surface area contributed by atoms with Gasteiger partial charge in [0.2, 0.25) is 5.91 Å². The van der Waals surface area contributed by atoms with Crippen LogP contribution in [0.3, 0.4) is 0 Å².